The van der Waals surface area contributed by atoms with E-state index in [0.717, 1.165) is 37.8 Å². The predicted molar refractivity (Wildman–Crippen MR) is 211 cm³/mol. The summed E-state index contributed by atoms with van der Waals surface area (Å²) in [5, 5.41) is 5.83. The molecule has 17 heteroatoms. The van der Waals surface area contributed by atoms with Crippen LogP contribution in [0.4, 0.5) is 9.59 Å². The molecule has 2 amide bonds. The van der Waals surface area contributed by atoms with Crippen LogP contribution in [-0.4, -0.2) is 115 Å². The van der Waals surface area contributed by atoms with Crippen LogP contribution in [0.2, 0.25) is 51.4 Å². The van der Waals surface area contributed by atoms with E-state index in [1.807, 2.05) is 0 Å². The van der Waals surface area contributed by atoms with E-state index in [0.29, 0.717) is 39.4 Å². The van der Waals surface area contributed by atoms with Crippen LogP contribution in [0.3, 0.4) is 0 Å². The van der Waals surface area contributed by atoms with Crippen molar-refractivity contribution in [2.24, 2.45) is 10.8 Å². The Morgan fingerprint density at radius 3 is 1.70 bits per heavy atom. The number of carbonyl (C=O) groups excluding carboxylic acids is 4. The summed E-state index contributed by atoms with van der Waals surface area (Å²) in [6.07, 6.45) is 2.97. The maximum atomic E-state index is 12.7. The molecule has 1 aliphatic carbocycles. The number of hydrogen-bond acceptors (Lipinski definition) is 12. The zero-order chi connectivity index (χ0) is 40.3. The van der Waals surface area contributed by atoms with E-state index < -0.39 is 43.4 Å². The van der Waals surface area contributed by atoms with Crippen LogP contribution in [0.15, 0.2) is 12.2 Å². The molecule has 0 radical (unpaired) electrons. The Morgan fingerprint density at radius 2 is 1.17 bits per heavy atom. The summed E-state index contributed by atoms with van der Waals surface area (Å²) < 4.78 is 45.1. The molecule has 2 unspecified atom stereocenters. The van der Waals surface area contributed by atoms with Gasteiger partial charge in [0.2, 0.25) is 0 Å². The van der Waals surface area contributed by atoms with Gasteiger partial charge in [-0.1, -0.05) is 27.4 Å². The highest BCUT2D eigenvalue weighted by Crippen LogP contribution is 2.45. The third-order valence-electron chi connectivity index (χ3n) is 8.50. The van der Waals surface area contributed by atoms with Crippen molar-refractivity contribution in [3.8, 4) is 0 Å². The molecular weight excluding hydrogens is 737 g/mol. The average molecular weight is 807 g/mol. The summed E-state index contributed by atoms with van der Waals surface area (Å²) in [5.41, 5.74) is -0.0623. The second-order valence-corrected chi connectivity index (χ2v) is 29.3. The lowest BCUT2D eigenvalue weighted by molar-refractivity contribution is -0.142. The Bertz CT molecular complexity index is 1180. The first-order chi connectivity index (χ1) is 24.4. The van der Waals surface area contributed by atoms with Gasteiger partial charge in [-0.3, -0.25) is 4.79 Å². The number of carbonyl (C=O) groups is 4. The fourth-order valence-electron chi connectivity index (χ4n) is 7.10. The zero-order valence-electron chi connectivity index (χ0n) is 34.5. The fourth-order valence-corrected chi connectivity index (χ4v) is 21.1. The van der Waals surface area contributed by atoms with Crippen molar-refractivity contribution >= 4 is 49.3 Å². The maximum absolute atomic E-state index is 12.7. The lowest BCUT2D eigenvalue weighted by Gasteiger charge is -2.46. The normalized spacial score (nSPS) is 18.8. The van der Waals surface area contributed by atoms with Gasteiger partial charge in [0.1, 0.15) is 26.4 Å². The number of esters is 2. The molecular formula is C36H70N2O12Si3. The van der Waals surface area contributed by atoms with Crippen molar-refractivity contribution in [3.63, 3.8) is 0 Å². The first kappa shape index (κ1) is 48.7. The third-order valence-corrected chi connectivity index (χ3v) is 20.0. The number of rotatable bonds is 25. The van der Waals surface area contributed by atoms with E-state index in [9.17, 15) is 19.2 Å². The van der Waals surface area contributed by atoms with Gasteiger partial charge < -0.3 is 47.3 Å². The summed E-state index contributed by atoms with van der Waals surface area (Å²) in [4.78, 5) is 47.2. The van der Waals surface area contributed by atoms with E-state index in [4.69, 9.17) is 36.7 Å². The van der Waals surface area contributed by atoms with Crippen LogP contribution in [0.5, 0.6) is 0 Å². The third kappa shape index (κ3) is 24.0. The Kier molecular flexibility index (Phi) is 21.1. The molecule has 1 aliphatic rings. The lowest BCUT2D eigenvalue weighted by Crippen LogP contribution is -2.52. The number of hydrogen-bond donors (Lipinski definition) is 2. The lowest BCUT2D eigenvalue weighted by atomic mass is 9.62. The predicted octanol–water partition coefficient (Wildman–Crippen LogP) is 6.66. The van der Waals surface area contributed by atoms with Crippen molar-refractivity contribution in [2.75, 3.05) is 59.4 Å². The smallest absolute Gasteiger partial charge is 0.407 e. The van der Waals surface area contributed by atoms with Gasteiger partial charge in [0.25, 0.3) is 0 Å². The number of ether oxygens (including phenoxy) is 6. The van der Waals surface area contributed by atoms with E-state index in [-0.39, 0.29) is 54.8 Å². The SMILES string of the molecule is C=C(C)C(=O)OCCOC(=O)NCC1(C)CC(NC(=O)OCCOCCC[Si](C)(C)O[Si](C)(C)O[Si](C)(C)CCCOCCOC(C)=O)CC(C)(C)C1. The Hall–Kier alpha value is -2.29. The summed E-state index contributed by atoms with van der Waals surface area (Å²) in [6, 6.07) is 1.77. The quantitative estimate of drug-likeness (QED) is 0.0332. The van der Waals surface area contributed by atoms with Crippen LogP contribution >= 0.6 is 0 Å². The number of nitrogens with one attached hydrogen (secondary N) is 2. The summed E-state index contributed by atoms with van der Waals surface area (Å²) >= 11 is 0. The monoisotopic (exact) mass is 806 g/mol. The van der Waals surface area contributed by atoms with Gasteiger partial charge in [0.15, 0.2) is 16.6 Å². The van der Waals surface area contributed by atoms with Gasteiger partial charge in [-0.25, -0.2) is 14.4 Å². The molecule has 2 N–H and O–H groups in total. The topological polar surface area (TPSA) is 166 Å². The highest BCUT2D eigenvalue weighted by Gasteiger charge is 2.42. The van der Waals surface area contributed by atoms with Crippen molar-refractivity contribution in [2.45, 2.75) is 124 Å². The van der Waals surface area contributed by atoms with Crippen molar-refractivity contribution in [3.05, 3.63) is 12.2 Å². The second kappa shape index (κ2) is 22.9. The van der Waals surface area contributed by atoms with Gasteiger partial charge in [0.05, 0.1) is 13.2 Å². The molecule has 1 rings (SSSR count). The molecule has 2 atom stereocenters. The molecule has 1 saturated carbocycles. The van der Waals surface area contributed by atoms with Crippen LogP contribution in [0.1, 0.15) is 66.7 Å². The molecule has 0 saturated heterocycles. The maximum Gasteiger partial charge on any atom is 0.407 e. The Labute approximate surface area is 321 Å². The summed E-state index contributed by atoms with van der Waals surface area (Å²) in [7, 11) is -6.28. The minimum absolute atomic E-state index is 0.0461. The molecule has 1 fully saturated rings. The second-order valence-electron chi connectivity index (χ2n) is 16.8. The zero-order valence-corrected chi connectivity index (χ0v) is 37.5. The van der Waals surface area contributed by atoms with Crippen molar-refractivity contribution < 1.29 is 55.8 Å². The summed E-state index contributed by atoms with van der Waals surface area (Å²) in [5.74, 6) is -0.827. The molecule has 0 bridgehead atoms. The average Bonchev–Trinajstić information content (AvgIpc) is 2.98. The van der Waals surface area contributed by atoms with Gasteiger partial charge in [-0.2, -0.15) is 0 Å². The first-order valence-corrected chi connectivity index (χ1v) is 27.8. The van der Waals surface area contributed by atoms with Crippen LogP contribution in [0.25, 0.3) is 0 Å². The Morgan fingerprint density at radius 1 is 0.679 bits per heavy atom. The molecule has 0 aliphatic heterocycles. The first-order valence-electron chi connectivity index (χ1n) is 18.8. The molecule has 308 valence electrons. The van der Waals surface area contributed by atoms with E-state index in [1.165, 1.54) is 6.92 Å². The van der Waals surface area contributed by atoms with E-state index in [1.54, 1.807) is 6.92 Å². The number of alkyl carbamates (subject to hydrolysis) is 2. The highest BCUT2D eigenvalue weighted by atomic mass is 28.5. The molecule has 0 heterocycles. The van der Waals surface area contributed by atoms with Crippen LogP contribution in [0, 0.1) is 10.8 Å². The van der Waals surface area contributed by atoms with Crippen molar-refractivity contribution in [1.29, 1.82) is 0 Å². The molecule has 0 aromatic heterocycles. The highest BCUT2D eigenvalue weighted by molar-refractivity contribution is 6.87. The van der Waals surface area contributed by atoms with Gasteiger partial charge in [-0.05, 0) is 101 Å². The Balaban J connectivity index is 2.33. The van der Waals surface area contributed by atoms with Gasteiger partial charge in [-0.15, -0.1) is 0 Å². The molecule has 0 spiro atoms. The van der Waals surface area contributed by atoms with E-state index in [2.05, 4.69) is 77.3 Å². The summed E-state index contributed by atoms with van der Waals surface area (Å²) in [6.45, 7) is 28.5. The molecule has 0 aromatic rings. The van der Waals surface area contributed by atoms with Crippen LogP contribution in [-0.2, 0) is 46.2 Å². The fraction of sp³-hybridized carbons (Fsp3) is 0.833. The standard InChI is InChI=1S/C36H70N2O12Si3/c1-29(2)32(40)46-21-22-47-33(41)37-28-36(6)26-31(25-35(4,5)27-36)38-34(42)48-20-18-44-16-14-24-52(9,10)50-53(11,12)49-51(7,8)23-13-15-43-17-19-45-30(3)39/h31H,1,13-28H2,2-12H3,(H,37,41)(H,38,42). The van der Waals surface area contributed by atoms with Gasteiger partial charge in [0, 0.05) is 38.3 Å². The molecule has 14 nitrogen and oxygen atoms in total. The van der Waals surface area contributed by atoms with Crippen molar-refractivity contribution in [1.82, 2.24) is 10.6 Å². The van der Waals surface area contributed by atoms with Gasteiger partial charge >= 0.3 is 32.7 Å². The van der Waals surface area contributed by atoms with E-state index >= 15 is 0 Å². The minimum Gasteiger partial charge on any atom is -0.463 e. The molecule has 0 aromatic carbocycles. The molecule has 53 heavy (non-hydrogen) atoms. The largest absolute Gasteiger partial charge is 0.463 e. The number of amides is 2. The minimum atomic E-state index is -2.34. The van der Waals surface area contributed by atoms with Crippen LogP contribution < -0.4 is 10.6 Å².